The molecule has 0 bridgehead atoms. The molecule has 1 saturated carbocycles. The molecule has 0 unspecified atom stereocenters. The highest BCUT2D eigenvalue weighted by atomic mass is 35.5. The van der Waals surface area contributed by atoms with Crippen molar-refractivity contribution in [2.24, 2.45) is 7.05 Å². The fourth-order valence-electron chi connectivity index (χ4n) is 3.44. The van der Waals surface area contributed by atoms with Crippen LogP contribution in [-0.4, -0.2) is 32.3 Å². The van der Waals surface area contributed by atoms with Crippen LogP contribution in [0.2, 0.25) is 5.02 Å². The summed E-state index contributed by atoms with van der Waals surface area (Å²) in [4.78, 5) is 14.9. The van der Waals surface area contributed by atoms with Gasteiger partial charge in [0.05, 0.1) is 11.1 Å². The predicted octanol–water partition coefficient (Wildman–Crippen LogP) is 3.70. The van der Waals surface area contributed by atoms with E-state index in [9.17, 15) is 4.79 Å². The van der Waals surface area contributed by atoms with Gasteiger partial charge < -0.3 is 9.42 Å². The molecule has 0 aromatic carbocycles. The summed E-state index contributed by atoms with van der Waals surface area (Å²) in [5.41, 5.74) is 1.18. The van der Waals surface area contributed by atoms with Crippen molar-refractivity contribution < 1.29 is 9.32 Å². The quantitative estimate of drug-likeness (QED) is 0.848. The van der Waals surface area contributed by atoms with Gasteiger partial charge in [0.25, 0.3) is 5.91 Å². The SMILES string of the molecule is Cn1cc(Cl)c([C@H]2CCCCCN2C(=O)c2cc(C3CC3)on2)n1. The third kappa shape index (κ3) is 2.95. The molecule has 2 aromatic rings. The number of hydrogen-bond donors (Lipinski definition) is 0. The lowest BCUT2D eigenvalue weighted by atomic mass is 10.1. The zero-order chi connectivity index (χ0) is 16.7. The summed E-state index contributed by atoms with van der Waals surface area (Å²) in [7, 11) is 1.85. The van der Waals surface area contributed by atoms with Crippen molar-refractivity contribution in [2.75, 3.05) is 6.54 Å². The Kier molecular flexibility index (Phi) is 4.08. The molecule has 1 amide bonds. The second-order valence-electron chi connectivity index (χ2n) is 6.79. The number of carbonyl (C=O) groups is 1. The van der Waals surface area contributed by atoms with Crippen LogP contribution in [0.4, 0.5) is 0 Å². The molecule has 24 heavy (non-hydrogen) atoms. The van der Waals surface area contributed by atoms with Crippen LogP contribution >= 0.6 is 11.6 Å². The number of halogens is 1. The van der Waals surface area contributed by atoms with Crippen LogP contribution in [0, 0.1) is 0 Å². The summed E-state index contributed by atoms with van der Waals surface area (Å²) in [6.45, 7) is 0.696. The summed E-state index contributed by atoms with van der Waals surface area (Å²) in [6.07, 6.45) is 8.06. The van der Waals surface area contributed by atoms with Crippen molar-refractivity contribution >= 4 is 17.5 Å². The molecule has 2 fully saturated rings. The Bertz CT molecular complexity index is 750. The average molecular weight is 349 g/mol. The lowest BCUT2D eigenvalue weighted by Crippen LogP contribution is -2.35. The average Bonchev–Trinajstić information content (AvgIpc) is 3.27. The number of nitrogens with zero attached hydrogens (tertiary/aromatic N) is 4. The van der Waals surface area contributed by atoms with Crippen molar-refractivity contribution in [3.05, 3.63) is 34.4 Å². The molecule has 1 atom stereocenters. The Hall–Kier alpha value is -1.82. The van der Waals surface area contributed by atoms with Gasteiger partial charge in [-0.3, -0.25) is 9.48 Å². The van der Waals surface area contributed by atoms with Crippen LogP contribution in [0.5, 0.6) is 0 Å². The van der Waals surface area contributed by atoms with Crippen molar-refractivity contribution in [3.8, 4) is 0 Å². The maximum absolute atomic E-state index is 13.0. The minimum absolute atomic E-state index is 0.0840. The van der Waals surface area contributed by atoms with E-state index >= 15 is 0 Å². The lowest BCUT2D eigenvalue weighted by molar-refractivity contribution is 0.0666. The number of rotatable bonds is 3. The second-order valence-corrected chi connectivity index (χ2v) is 7.20. The monoisotopic (exact) mass is 348 g/mol. The number of likely N-dealkylation sites (tertiary alicyclic amines) is 1. The summed E-state index contributed by atoms with van der Waals surface area (Å²) >= 11 is 6.35. The van der Waals surface area contributed by atoms with E-state index in [1.807, 2.05) is 18.0 Å². The molecule has 0 spiro atoms. The van der Waals surface area contributed by atoms with E-state index in [1.165, 1.54) is 0 Å². The van der Waals surface area contributed by atoms with E-state index in [4.69, 9.17) is 16.1 Å². The molecular formula is C17H21ClN4O2. The minimum Gasteiger partial charge on any atom is -0.360 e. The molecule has 1 saturated heterocycles. The zero-order valence-electron chi connectivity index (χ0n) is 13.7. The van der Waals surface area contributed by atoms with Gasteiger partial charge in [-0.15, -0.1) is 0 Å². The Balaban J connectivity index is 1.63. The van der Waals surface area contributed by atoms with Gasteiger partial charge in [0.2, 0.25) is 0 Å². The van der Waals surface area contributed by atoms with Gasteiger partial charge in [-0.25, -0.2) is 0 Å². The summed E-state index contributed by atoms with van der Waals surface area (Å²) in [5.74, 6) is 1.20. The first-order valence-electron chi connectivity index (χ1n) is 8.60. The smallest absolute Gasteiger partial charge is 0.276 e. The highest BCUT2D eigenvalue weighted by molar-refractivity contribution is 6.31. The fraction of sp³-hybridized carbons (Fsp3) is 0.588. The fourth-order valence-corrected chi connectivity index (χ4v) is 3.74. The molecular weight excluding hydrogens is 328 g/mol. The van der Waals surface area contributed by atoms with Crippen LogP contribution in [-0.2, 0) is 7.05 Å². The number of amides is 1. The Labute approximate surface area is 145 Å². The van der Waals surface area contributed by atoms with Crippen molar-refractivity contribution in [2.45, 2.75) is 50.5 Å². The van der Waals surface area contributed by atoms with Crippen molar-refractivity contribution in [1.82, 2.24) is 19.8 Å². The van der Waals surface area contributed by atoms with Gasteiger partial charge in [-0.2, -0.15) is 5.10 Å². The zero-order valence-corrected chi connectivity index (χ0v) is 14.5. The second kappa shape index (κ2) is 6.24. The standard InChI is InChI=1S/C17H21ClN4O2/c1-21-10-12(18)16(19-21)14-5-3-2-4-8-22(14)17(23)13-9-15(24-20-13)11-6-7-11/h9-11,14H,2-8H2,1H3/t14-/m1/s1. The van der Waals surface area contributed by atoms with Gasteiger partial charge >= 0.3 is 0 Å². The molecule has 1 aliphatic heterocycles. The summed E-state index contributed by atoms with van der Waals surface area (Å²) in [6, 6.07) is 1.71. The first-order valence-corrected chi connectivity index (χ1v) is 8.98. The summed E-state index contributed by atoms with van der Waals surface area (Å²) < 4.78 is 7.06. The van der Waals surface area contributed by atoms with E-state index in [-0.39, 0.29) is 11.9 Å². The van der Waals surface area contributed by atoms with Gasteiger partial charge in [0.1, 0.15) is 11.5 Å². The van der Waals surface area contributed by atoms with Gasteiger partial charge in [0, 0.05) is 31.8 Å². The molecule has 6 nitrogen and oxygen atoms in total. The predicted molar refractivity (Wildman–Crippen MR) is 88.9 cm³/mol. The molecule has 128 valence electrons. The van der Waals surface area contributed by atoms with Crippen LogP contribution in [0.15, 0.2) is 16.8 Å². The van der Waals surface area contributed by atoms with Crippen LogP contribution in [0.3, 0.4) is 0 Å². The topological polar surface area (TPSA) is 64.2 Å². The van der Waals surface area contributed by atoms with E-state index in [0.29, 0.717) is 23.2 Å². The highest BCUT2D eigenvalue weighted by Gasteiger charge is 2.34. The van der Waals surface area contributed by atoms with E-state index in [1.54, 1.807) is 10.9 Å². The minimum atomic E-state index is -0.102. The molecule has 2 aromatic heterocycles. The normalized spacial score (nSPS) is 21.8. The number of hydrogen-bond acceptors (Lipinski definition) is 4. The first kappa shape index (κ1) is 15.7. The first-order chi connectivity index (χ1) is 11.6. The van der Waals surface area contributed by atoms with E-state index in [2.05, 4.69) is 10.3 Å². The molecule has 4 rings (SSSR count). The lowest BCUT2D eigenvalue weighted by Gasteiger charge is -2.28. The molecule has 7 heteroatoms. The Morgan fingerprint density at radius 3 is 2.83 bits per heavy atom. The van der Waals surface area contributed by atoms with Crippen LogP contribution in [0.25, 0.3) is 0 Å². The molecule has 2 aliphatic rings. The molecule has 1 aliphatic carbocycles. The maximum Gasteiger partial charge on any atom is 0.276 e. The van der Waals surface area contributed by atoms with Crippen molar-refractivity contribution in [3.63, 3.8) is 0 Å². The summed E-state index contributed by atoms with van der Waals surface area (Å²) in [5, 5.41) is 9.12. The van der Waals surface area contributed by atoms with E-state index in [0.717, 1.165) is 50.0 Å². The van der Waals surface area contributed by atoms with Crippen molar-refractivity contribution in [1.29, 1.82) is 0 Å². The molecule has 0 radical (unpaired) electrons. The Morgan fingerprint density at radius 1 is 1.29 bits per heavy atom. The Morgan fingerprint density at radius 2 is 2.12 bits per heavy atom. The number of aryl methyl sites for hydroxylation is 1. The largest absolute Gasteiger partial charge is 0.360 e. The number of aromatic nitrogens is 3. The van der Waals surface area contributed by atoms with Gasteiger partial charge in [-0.1, -0.05) is 29.6 Å². The van der Waals surface area contributed by atoms with E-state index < -0.39 is 0 Å². The molecule has 3 heterocycles. The third-order valence-corrected chi connectivity index (χ3v) is 5.16. The van der Waals surface area contributed by atoms with Gasteiger partial charge in [-0.05, 0) is 25.7 Å². The number of carbonyl (C=O) groups excluding carboxylic acids is 1. The van der Waals surface area contributed by atoms with Gasteiger partial charge in [0.15, 0.2) is 5.69 Å². The maximum atomic E-state index is 13.0. The highest BCUT2D eigenvalue weighted by Crippen LogP contribution is 2.40. The third-order valence-electron chi connectivity index (χ3n) is 4.87. The molecule has 0 N–H and O–H groups in total. The van der Waals surface area contributed by atoms with Crippen LogP contribution < -0.4 is 0 Å². The van der Waals surface area contributed by atoms with Crippen LogP contribution in [0.1, 0.15) is 72.4 Å².